The zero-order valence-electron chi connectivity index (χ0n) is 36.5. The van der Waals surface area contributed by atoms with Gasteiger partial charge in [-0.15, -0.1) is 0 Å². The first-order valence-corrected chi connectivity index (χ1v) is 23.2. The molecule has 6 nitrogen and oxygen atoms in total. The molecule has 0 radical (unpaired) electrons. The van der Waals surface area contributed by atoms with E-state index in [0.717, 1.165) is 96.3 Å². The van der Waals surface area contributed by atoms with E-state index in [1.165, 1.54) is 64.2 Å². The molecule has 1 amide bonds. The normalized spacial score (nSPS) is 14.0. The second-order valence-electron chi connectivity index (χ2n) is 15.6. The molecule has 0 bridgehead atoms. The topological polar surface area (TPSA) is 95.9 Å². The number of aliphatic hydroxyl groups is 2. The van der Waals surface area contributed by atoms with E-state index in [1.54, 1.807) is 0 Å². The van der Waals surface area contributed by atoms with Gasteiger partial charge in [0.15, 0.2) is 0 Å². The van der Waals surface area contributed by atoms with E-state index in [0.29, 0.717) is 19.3 Å². The maximum Gasteiger partial charge on any atom is 0.306 e. The SMILES string of the molecule is CCC/C=C/C=C/C=C/C=C/C=C/CCCCCCCC(=O)OC(CCCCC/C=C\CCCC)CC(=O)NC(CO)C(O)CCCCCCCCCCCC. The highest BCUT2D eigenvalue weighted by Gasteiger charge is 2.24. The lowest BCUT2D eigenvalue weighted by atomic mass is 10.0. The number of rotatable bonds is 40. The molecular formula is C50H87NO5. The Morgan fingerprint density at radius 3 is 1.57 bits per heavy atom. The van der Waals surface area contributed by atoms with E-state index >= 15 is 0 Å². The van der Waals surface area contributed by atoms with E-state index in [4.69, 9.17) is 4.74 Å². The average Bonchev–Trinajstić information content (AvgIpc) is 3.19. The van der Waals surface area contributed by atoms with Gasteiger partial charge in [-0.3, -0.25) is 9.59 Å². The van der Waals surface area contributed by atoms with Crippen molar-refractivity contribution in [2.75, 3.05) is 6.61 Å². The molecule has 0 heterocycles. The van der Waals surface area contributed by atoms with Crippen LogP contribution in [-0.4, -0.2) is 46.9 Å². The number of hydrogen-bond donors (Lipinski definition) is 3. The number of ether oxygens (including phenoxy) is 1. The van der Waals surface area contributed by atoms with E-state index in [1.807, 2.05) is 24.3 Å². The third kappa shape index (κ3) is 38.2. The Hall–Kier alpha value is -2.70. The van der Waals surface area contributed by atoms with E-state index in [2.05, 4.69) is 74.7 Å². The average molecular weight is 782 g/mol. The molecule has 0 aliphatic carbocycles. The van der Waals surface area contributed by atoms with Gasteiger partial charge in [-0.25, -0.2) is 0 Å². The molecule has 0 aromatic carbocycles. The Morgan fingerprint density at radius 2 is 0.982 bits per heavy atom. The van der Waals surface area contributed by atoms with Crippen LogP contribution in [0.2, 0.25) is 0 Å². The van der Waals surface area contributed by atoms with Crippen LogP contribution in [0.15, 0.2) is 72.9 Å². The highest BCUT2D eigenvalue weighted by atomic mass is 16.5. The first kappa shape index (κ1) is 53.3. The van der Waals surface area contributed by atoms with E-state index in [-0.39, 0.29) is 24.9 Å². The monoisotopic (exact) mass is 782 g/mol. The molecular weight excluding hydrogens is 695 g/mol. The second-order valence-corrected chi connectivity index (χ2v) is 15.6. The summed E-state index contributed by atoms with van der Waals surface area (Å²) in [7, 11) is 0. The summed E-state index contributed by atoms with van der Waals surface area (Å²) in [6.07, 6.45) is 53.9. The van der Waals surface area contributed by atoms with Gasteiger partial charge in [0.25, 0.3) is 0 Å². The number of esters is 1. The third-order valence-electron chi connectivity index (χ3n) is 10.1. The summed E-state index contributed by atoms with van der Waals surface area (Å²) in [4.78, 5) is 26.0. The molecule has 3 unspecified atom stereocenters. The fourth-order valence-electron chi connectivity index (χ4n) is 6.56. The molecule has 3 atom stereocenters. The Morgan fingerprint density at radius 1 is 0.518 bits per heavy atom. The smallest absolute Gasteiger partial charge is 0.306 e. The fourth-order valence-corrected chi connectivity index (χ4v) is 6.56. The van der Waals surface area contributed by atoms with Crippen LogP contribution in [-0.2, 0) is 14.3 Å². The number of allylic oxidation sites excluding steroid dienone is 12. The number of unbranched alkanes of at least 4 members (excludes halogenated alkanes) is 20. The number of nitrogens with one attached hydrogen (secondary N) is 1. The van der Waals surface area contributed by atoms with Gasteiger partial charge in [0.05, 0.1) is 25.2 Å². The summed E-state index contributed by atoms with van der Waals surface area (Å²) in [5, 5.41) is 23.6. The zero-order chi connectivity index (χ0) is 41.0. The van der Waals surface area contributed by atoms with Crippen LogP contribution in [0, 0.1) is 0 Å². The Balaban J connectivity index is 4.58. The molecule has 0 saturated carbocycles. The predicted molar refractivity (Wildman–Crippen MR) is 241 cm³/mol. The first-order chi connectivity index (χ1) is 27.5. The number of amides is 1. The lowest BCUT2D eigenvalue weighted by Crippen LogP contribution is -2.46. The van der Waals surface area contributed by atoms with Crippen molar-refractivity contribution in [2.45, 2.75) is 225 Å². The van der Waals surface area contributed by atoms with Gasteiger partial charge < -0.3 is 20.3 Å². The Kier molecular flexibility index (Phi) is 41.3. The van der Waals surface area contributed by atoms with Crippen LogP contribution in [0.4, 0.5) is 0 Å². The highest BCUT2D eigenvalue weighted by Crippen LogP contribution is 2.17. The summed E-state index contributed by atoms with van der Waals surface area (Å²) >= 11 is 0. The fraction of sp³-hybridized carbons (Fsp3) is 0.720. The van der Waals surface area contributed by atoms with Crippen molar-refractivity contribution in [3.05, 3.63) is 72.9 Å². The summed E-state index contributed by atoms with van der Waals surface area (Å²) in [6.45, 7) is 6.31. The van der Waals surface area contributed by atoms with Crippen molar-refractivity contribution in [2.24, 2.45) is 0 Å². The molecule has 0 saturated heterocycles. The summed E-state index contributed by atoms with van der Waals surface area (Å²) in [5.74, 6) is -0.527. The van der Waals surface area contributed by atoms with Gasteiger partial charge in [-0.1, -0.05) is 203 Å². The van der Waals surface area contributed by atoms with Crippen molar-refractivity contribution in [1.82, 2.24) is 5.32 Å². The maximum atomic E-state index is 13.1. The molecule has 322 valence electrons. The zero-order valence-corrected chi connectivity index (χ0v) is 36.5. The second kappa shape index (κ2) is 43.4. The number of carbonyl (C=O) groups excluding carboxylic acids is 2. The van der Waals surface area contributed by atoms with Crippen LogP contribution < -0.4 is 5.32 Å². The van der Waals surface area contributed by atoms with Gasteiger partial charge >= 0.3 is 5.97 Å². The van der Waals surface area contributed by atoms with Crippen molar-refractivity contribution < 1.29 is 24.5 Å². The van der Waals surface area contributed by atoms with Crippen LogP contribution in [0.1, 0.15) is 207 Å². The predicted octanol–water partition coefficient (Wildman–Crippen LogP) is 13.4. The first-order valence-electron chi connectivity index (χ1n) is 23.2. The third-order valence-corrected chi connectivity index (χ3v) is 10.1. The van der Waals surface area contributed by atoms with Crippen molar-refractivity contribution in [3.63, 3.8) is 0 Å². The van der Waals surface area contributed by atoms with Gasteiger partial charge in [-0.2, -0.15) is 0 Å². The standard InChI is InChI=1S/C50H87NO5/c1-4-7-10-13-16-19-21-22-23-24-25-26-27-28-31-34-37-40-43-50(55)56-46(41-38-35-32-29-18-15-12-9-6-3)44-49(54)51-47(45-52)48(53)42-39-36-33-30-20-17-14-11-8-5-2/h10,13,15-16,18-19,21-26,46-48,52-53H,4-9,11-12,14,17,20,27-45H2,1-3H3,(H,51,54)/b13-10+,18-15-,19-16+,22-21+,24-23+,26-25+. The highest BCUT2D eigenvalue weighted by molar-refractivity contribution is 5.77. The molecule has 0 fully saturated rings. The van der Waals surface area contributed by atoms with Crippen molar-refractivity contribution in [3.8, 4) is 0 Å². The number of carbonyl (C=O) groups is 2. The molecule has 0 spiro atoms. The van der Waals surface area contributed by atoms with Gasteiger partial charge in [-0.05, 0) is 64.2 Å². The number of hydrogen-bond acceptors (Lipinski definition) is 5. The molecule has 0 aliphatic heterocycles. The summed E-state index contributed by atoms with van der Waals surface area (Å²) in [5.41, 5.74) is 0. The minimum absolute atomic E-state index is 0.0525. The van der Waals surface area contributed by atoms with Gasteiger partial charge in [0.1, 0.15) is 6.10 Å². The summed E-state index contributed by atoms with van der Waals surface area (Å²) in [6, 6.07) is -0.712. The molecule has 0 aromatic rings. The molecule has 3 N–H and O–H groups in total. The number of aliphatic hydroxyl groups excluding tert-OH is 2. The van der Waals surface area contributed by atoms with Crippen LogP contribution >= 0.6 is 0 Å². The van der Waals surface area contributed by atoms with Crippen LogP contribution in [0.25, 0.3) is 0 Å². The van der Waals surface area contributed by atoms with Crippen LogP contribution in [0.3, 0.4) is 0 Å². The minimum Gasteiger partial charge on any atom is -0.462 e. The molecule has 6 heteroatoms. The van der Waals surface area contributed by atoms with Crippen LogP contribution in [0.5, 0.6) is 0 Å². The Bertz CT molecular complexity index is 1060. The maximum absolute atomic E-state index is 13.1. The lowest BCUT2D eigenvalue weighted by molar-refractivity contribution is -0.151. The molecule has 56 heavy (non-hydrogen) atoms. The largest absolute Gasteiger partial charge is 0.462 e. The van der Waals surface area contributed by atoms with Crippen molar-refractivity contribution in [1.29, 1.82) is 0 Å². The minimum atomic E-state index is -0.796. The van der Waals surface area contributed by atoms with E-state index < -0.39 is 18.2 Å². The summed E-state index contributed by atoms with van der Waals surface area (Å²) < 4.78 is 5.88. The quantitative estimate of drug-likeness (QED) is 0.0249. The van der Waals surface area contributed by atoms with Gasteiger partial charge in [0.2, 0.25) is 5.91 Å². The van der Waals surface area contributed by atoms with E-state index in [9.17, 15) is 19.8 Å². The molecule has 0 rings (SSSR count). The molecule has 0 aliphatic rings. The molecule has 0 aromatic heterocycles. The van der Waals surface area contributed by atoms with Gasteiger partial charge in [0, 0.05) is 6.42 Å². The van der Waals surface area contributed by atoms with Crippen molar-refractivity contribution >= 4 is 11.9 Å². The lowest BCUT2D eigenvalue weighted by Gasteiger charge is -2.24. The Labute approximate surface area is 345 Å².